The monoisotopic (exact) mass is 329 g/mol. The number of carbonyl (C=O) groups is 1. The van der Waals surface area contributed by atoms with Gasteiger partial charge in [-0.1, -0.05) is 5.16 Å². The second-order valence-electron chi connectivity index (χ2n) is 6.19. The maximum absolute atomic E-state index is 12.3. The normalized spacial score (nSPS) is 15.5. The summed E-state index contributed by atoms with van der Waals surface area (Å²) in [5, 5.41) is 6.74. The number of hydrogen-bond acceptors (Lipinski definition) is 6. The molecule has 1 aliphatic rings. The number of nitrogens with one attached hydrogen (secondary N) is 1. The Morgan fingerprint density at radius 2 is 2.04 bits per heavy atom. The molecule has 3 heterocycles. The van der Waals surface area contributed by atoms with Gasteiger partial charge in [0.15, 0.2) is 0 Å². The molecule has 0 aromatic carbocycles. The van der Waals surface area contributed by atoms with E-state index < -0.39 is 0 Å². The Morgan fingerprint density at radius 3 is 2.71 bits per heavy atom. The van der Waals surface area contributed by atoms with Gasteiger partial charge < -0.3 is 19.6 Å². The van der Waals surface area contributed by atoms with Crippen molar-refractivity contribution < 1.29 is 9.32 Å². The van der Waals surface area contributed by atoms with Crippen molar-refractivity contribution in [3.63, 3.8) is 0 Å². The number of likely N-dealkylation sites (N-methyl/N-ethyl adjacent to an activating group) is 1. The number of pyridine rings is 1. The number of carbonyl (C=O) groups excluding carboxylic acids is 1. The van der Waals surface area contributed by atoms with Gasteiger partial charge in [-0.3, -0.25) is 4.79 Å². The van der Waals surface area contributed by atoms with Crippen LogP contribution in [0.15, 0.2) is 22.9 Å². The zero-order valence-electron chi connectivity index (χ0n) is 14.4. The SMILES string of the molecule is Cc1noc(C)c1C(=O)NCc1ccnc(N2CCN(C)CC2)c1. The Hall–Kier alpha value is -2.41. The molecule has 7 heteroatoms. The van der Waals surface area contributed by atoms with E-state index in [1.807, 2.05) is 12.1 Å². The molecule has 2 aromatic heterocycles. The summed E-state index contributed by atoms with van der Waals surface area (Å²) in [7, 11) is 2.13. The minimum Gasteiger partial charge on any atom is -0.361 e. The molecule has 3 rings (SSSR count). The van der Waals surface area contributed by atoms with Gasteiger partial charge in [-0.05, 0) is 38.6 Å². The summed E-state index contributed by atoms with van der Waals surface area (Å²) in [6.45, 7) is 7.97. The molecule has 2 aromatic rings. The number of anilines is 1. The van der Waals surface area contributed by atoms with E-state index in [4.69, 9.17) is 4.52 Å². The van der Waals surface area contributed by atoms with E-state index in [2.05, 4.69) is 32.3 Å². The molecular formula is C17H23N5O2. The lowest BCUT2D eigenvalue weighted by molar-refractivity contribution is 0.0949. The van der Waals surface area contributed by atoms with Crippen molar-refractivity contribution >= 4 is 11.7 Å². The van der Waals surface area contributed by atoms with Crippen LogP contribution in [0.5, 0.6) is 0 Å². The van der Waals surface area contributed by atoms with E-state index in [-0.39, 0.29) is 5.91 Å². The van der Waals surface area contributed by atoms with Crippen LogP contribution < -0.4 is 10.2 Å². The lowest BCUT2D eigenvalue weighted by Gasteiger charge is -2.33. The second kappa shape index (κ2) is 7.00. The molecule has 1 amide bonds. The maximum Gasteiger partial charge on any atom is 0.257 e. The van der Waals surface area contributed by atoms with Crippen LogP contribution in [0.3, 0.4) is 0 Å². The fraction of sp³-hybridized carbons (Fsp3) is 0.471. The summed E-state index contributed by atoms with van der Waals surface area (Å²) in [6.07, 6.45) is 1.80. The number of nitrogens with zero attached hydrogens (tertiary/aromatic N) is 4. The van der Waals surface area contributed by atoms with Crippen LogP contribution in [0.25, 0.3) is 0 Å². The van der Waals surface area contributed by atoms with Crippen molar-refractivity contribution in [2.75, 3.05) is 38.1 Å². The van der Waals surface area contributed by atoms with E-state index in [0.717, 1.165) is 37.6 Å². The highest BCUT2D eigenvalue weighted by Gasteiger charge is 2.18. The van der Waals surface area contributed by atoms with E-state index in [1.54, 1.807) is 20.0 Å². The minimum absolute atomic E-state index is 0.163. The average molecular weight is 329 g/mol. The van der Waals surface area contributed by atoms with Crippen molar-refractivity contribution in [2.24, 2.45) is 0 Å². The standard InChI is InChI=1S/C17H23N5O2/c1-12-16(13(2)24-20-12)17(23)19-11-14-4-5-18-15(10-14)22-8-6-21(3)7-9-22/h4-5,10H,6-9,11H2,1-3H3,(H,19,23). The molecule has 0 saturated carbocycles. The fourth-order valence-electron chi connectivity index (χ4n) is 2.86. The highest BCUT2D eigenvalue weighted by atomic mass is 16.5. The predicted molar refractivity (Wildman–Crippen MR) is 91.1 cm³/mol. The van der Waals surface area contributed by atoms with Gasteiger partial charge in [0.25, 0.3) is 5.91 Å². The van der Waals surface area contributed by atoms with Crippen molar-refractivity contribution in [1.29, 1.82) is 0 Å². The molecule has 0 bridgehead atoms. The van der Waals surface area contributed by atoms with Gasteiger partial charge >= 0.3 is 0 Å². The summed E-state index contributed by atoms with van der Waals surface area (Å²) >= 11 is 0. The summed E-state index contributed by atoms with van der Waals surface area (Å²) in [5.41, 5.74) is 2.15. The van der Waals surface area contributed by atoms with Crippen LogP contribution in [0.4, 0.5) is 5.82 Å². The molecule has 7 nitrogen and oxygen atoms in total. The first-order valence-corrected chi connectivity index (χ1v) is 8.14. The minimum atomic E-state index is -0.163. The molecule has 0 atom stereocenters. The molecular weight excluding hydrogens is 306 g/mol. The third-order valence-electron chi connectivity index (χ3n) is 4.35. The molecule has 0 spiro atoms. The number of amides is 1. The van der Waals surface area contributed by atoms with E-state index >= 15 is 0 Å². The lowest BCUT2D eigenvalue weighted by atomic mass is 10.2. The summed E-state index contributed by atoms with van der Waals surface area (Å²) < 4.78 is 5.04. The molecule has 24 heavy (non-hydrogen) atoms. The first kappa shape index (κ1) is 16.4. The van der Waals surface area contributed by atoms with Crippen molar-refractivity contribution in [2.45, 2.75) is 20.4 Å². The van der Waals surface area contributed by atoms with Crippen LogP contribution in [0, 0.1) is 13.8 Å². The molecule has 1 saturated heterocycles. The third-order valence-corrected chi connectivity index (χ3v) is 4.35. The maximum atomic E-state index is 12.3. The number of hydrogen-bond donors (Lipinski definition) is 1. The molecule has 1 aliphatic heterocycles. The second-order valence-corrected chi connectivity index (χ2v) is 6.19. The largest absolute Gasteiger partial charge is 0.361 e. The quantitative estimate of drug-likeness (QED) is 0.913. The Balaban J connectivity index is 1.64. The molecule has 128 valence electrons. The molecule has 1 N–H and O–H groups in total. The molecule has 1 fully saturated rings. The van der Waals surface area contributed by atoms with Crippen LogP contribution in [0.1, 0.15) is 27.4 Å². The highest BCUT2D eigenvalue weighted by Crippen LogP contribution is 2.16. The molecule has 0 aliphatic carbocycles. The molecule has 0 unspecified atom stereocenters. The van der Waals surface area contributed by atoms with Crippen LogP contribution in [-0.4, -0.2) is 54.2 Å². The number of piperazine rings is 1. The van der Waals surface area contributed by atoms with Gasteiger partial charge in [-0.2, -0.15) is 0 Å². The topological polar surface area (TPSA) is 74.5 Å². The van der Waals surface area contributed by atoms with Gasteiger partial charge in [-0.15, -0.1) is 0 Å². The van der Waals surface area contributed by atoms with Crippen molar-refractivity contribution in [3.8, 4) is 0 Å². The number of aromatic nitrogens is 2. The van der Waals surface area contributed by atoms with Gasteiger partial charge in [0, 0.05) is 38.9 Å². The van der Waals surface area contributed by atoms with Gasteiger partial charge in [-0.25, -0.2) is 4.98 Å². The van der Waals surface area contributed by atoms with Crippen LogP contribution in [-0.2, 0) is 6.54 Å². The summed E-state index contributed by atoms with van der Waals surface area (Å²) in [4.78, 5) is 21.4. The van der Waals surface area contributed by atoms with Gasteiger partial charge in [0.2, 0.25) is 0 Å². The van der Waals surface area contributed by atoms with E-state index in [9.17, 15) is 4.79 Å². The fourth-order valence-corrected chi connectivity index (χ4v) is 2.86. The Bertz CT molecular complexity index is 700. The Labute approximate surface area is 141 Å². The van der Waals surface area contributed by atoms with Crippen molar-refractivity contribution in [1.82, 2.24) is 20.4 Å². The lowest BCUT2D eigenvalue weighted by Crippen LogP contribution is -2.44. The van der Waals surface area contributed by atoms with E-state index in [1.165, 1.54) is 0 Å². The summed E-state index contributed by atoms with van der Waals surface area (Å²) in [6, 6.07) is 3.96. The van der Waals surface area contributed by atoms with Crippen LogP contribution >= 0.6 is 0 Å². The average Bonchev–Trinajstić information content (AvgIpc) is 2.92. The predicted octanol–water partition coefficient (Wildman–Crippen LogP) is 1.37. The third kappa shape index (κ3) is 3.56. The summed E-state index contributed by atoms with van der Waals surface area (Å²) in [5.74, 6) is 1.34. The smallest absolute Gasteiger partial charge is 0.257 e. The van der Waals surface area contributed by atoms with Crippen molar-refractivity contribution in [3.05, 3.63) is 40.9 Å². The van der Waals surface area contributed by atoms with Crippen LogP contribution in [0.2, 0.25) is 0 Å². The van der Waals surface area contributed by atoms with Gasteiger partial charge in [0.1, 0.15) is 17.1 Å². The van der Waals surface area contributed by atoms with E-state index in [0.29, 0.717) is 23.6 Å². The number of rotatable bonds is 4. The Morgan fingerprint density at radius 1 is 1.29 bits per heavy atom. The number of aryl methyl sites for hydroxylation is 2. The van der Waals surface area contributed by atoms with Gasteiger partial charge in [0.05, 0.1) is 5.69 Å². The first-order valence-electron chi connectivity index (χ1n) is 8.14. The highest BCUT2D eigenvalue weighted by molar-refractivity contribution is 5.96. The zero-order chi connectivity index (χ0) is 17.1. The molecule has 0 radical (unpaired) electrons. The first-order chi connectivity index (χ1) is 11.5. The zero-order valence-corrected chi connectivity index (χ0v) is 14.4. The Kier molecular flexibility index (Phi) is 4.80.